The number of hydrogen-bond acceptors (Lipinski definition) is 6. The Morgan fingerprint density at radius 1 is 1.11 bits per heavy atom. The average molecular weight is 417 g/mol. The molecule has 3 N–H and O–H groups in total. The van der Waals surface area contributed by atoms with Crippen LogP contribution in [0.3, 0.4) is 0 Å². The average Bonchev–Trinajstić information content (AvgIpc) is 2.68. The number of hydrogen-bond donors (Lipinski definition) is 2. The second-order valence-electron chi connectivity index (χ2n) is 5.99. The summed E-state index contributed by atoms with van der Waals surface area (Å²) in [5, 5.41) is 2.58. The second kappa shape index (κ2) is 7.95. The van der Waals surface area contributed by atoms with E-state index in [4.69, 9.17) is 17.3 Å². The smallest absolute Gasteiger partial charge is 0.222 e. The maximum Gasteiger partial charge on any atom is 0.222 e. The van der Waals surface area contributed by atoms with Crippen LogP contribution in [0.2, 0.25) is 0 Å². The van der Waals surface area contributed by atoms with Crippen LogP contribution in [0.1, 0.15) is 17.2 Å². The molecule has 0 fully saturated rings. The first-order valence-corrected chi connectivity index (χ1v) is 10.2. The van der Waals surface area contributed by atoms with E-state index in [-0.39, 0.29) is 16.6 Å². The molecule has 2 aromatic heterocycles. The maximum atomic E-state index is 13.0. The van der Waals surface area contributed by atoms with Gasteiger partial charge in [-0.15, -0.1) is 0 Å². The molecule has 1 atom stereocenters. The van der Waals surface area contributed by atoms with Crippen LogP contribution in [-0.2, 0) is 14.6 Å². The van der Waals surface area contributed by atoms with Crippen LogP contribution in [0.15, 0.2) is 65.8 Å². The summed E-state index contributed by atoms with van der Waals surface area (Å²) in [6.07, 6.45) is 2.95. The molecule has 144 valence electrons. The molecule has 3 rings (SSSR count). The first-order chi connectivity index (χ1) is 13.3. The van der Waals surface area contributed by atoms with Gasteiger partial charge in [0.25, 0.3) is 0 Å². The molecule has 0 bridgehead atoms. The molecule has 0 aliphatic rings. The number of carbonyl (C=O) groups excluding carboxylic acids is 1. The molecule has 0 spiro atoms. The van der Waals surface area contributed by atoms with Crippen molar-refractivity contribution in [1.82, 2.24) is 9.97 Å². The van der Waals surface area contributed by atoms with Gasteiger partial charge >= 0.3 is 0 Å². The van der Waals surface area contributed by atoms with Crippen LogP contribution < -0.4 is 11.1 Å². The van der Waals surface area contributed by atoms with E-state index in [1.54, 1.807) is 42.5 Å². The van der Waals surface area contributed by atoms with Crippen molar-refractivity contribution in [2.24, 2.45) is 0 Å². The topological polar surface area (TPSA) is 115 Å². The number of carbonyl (C=O) groups is 1. The summed E-state index contributed by atoms with van der Waals surface area (Å²) in [7, 11) is -3.99. The second-order valence-corrected chi connectivity index (χ2v) is 8.69. The quantitative estimate of drug-likeness (QED) is 0.616. The number of nitrogen functional groups attached to an aromatic ring is 1. The lowest BCUT2D eigenvalue weighted by molar-refractivity contribution is -0.114. The van der Waals surface area contributed by atoms with Gasteiger partial charge in [0.15, 0.2) is 4.71 Å². The summed E-state index contributed by atoms with van der Waals surface area (Å²) >= 11 is 6.26. The molecule has 28 heavy (non-hydrogen) atoms. The van der Waals surface area contributed by atoms with E-state index in [0.29, 0.717) is 22.5 Å². The normalized spacial score (nSPS) is 12.4. The van der Waals surface area contributed by atoms with E-state index in [2.05, 4.69) is 15.3 Å². The van der Waals surface area contributed by atoms with Crippen LogP contribution in [-0.4, -0.2) is 24.3 Å². The Morgan fingerprint density at radius 3 is 2.50 bits per heavy atom. The van der Waals surface area contributed by atoms with E-state index >= 15 is 0 Å². The summed E-state index contributed by atoms with van der Waals surface area (Å²) in [4.78, 5) is 19.1. The van der Waals surface area contributed by atoms with Crippen molar-refractivity contribution in [3.05, 3.63) is 66.5 Å². The lowest BCUT2D eigenvalue weighted by atomic mass is 10.1. The summed E-state index contributed by atoms with van der Waals surface area (Å²) < 4.78 is 24.8. The van der Waals surface area contributed by atoms with Gasteiger partial charge in [-0.05, 0) is 29.3 Å². The third-order valence-electron chi connectivity index (χ3n) is 3.92. The van der Waals surface area contributed by atoms with E-state index in [1.165, 1.54) is 25.4 Å². The van der Waals surface area contributed by atoms with Gasteiger partial charge in [-0.2, -0.15) is 0 Å². The fourth-order valence-corrected chi connectivity index (χ4v) is 4.40. The standard InChI is InChI=1S/C19H17ClN4O3S/c1-12(25)24-17-10-14(7-8-22-17)15-9-16(19(21)23-11-15)28(26,27)18(20)13-5-3-2-4-6-13/h2-11,18H,1H3,(H2,21,23)(H,22,24,25). The van der Waals surface area contributed by atoms with Gasteiger partial charge in [0.2, 0.25) is 15.7 Å². The monoisotopic (exact) mass is 416 g/mol. The van der Waals surface area contributed by atoms with Crippen LogP contribution >= 0.6 is 11.6 Å². The van der Waals surface area contributed by atoms with E-state index in [1.807, 2.05) is 0 Å². The Kier molecular flexibility index (Phi) is 5.62. The molecule has 0 radical (unpaired) electrons. The number of rotatable bonds is 5. The minimum Gasteiger partial charge on any atom is -0.383 e. The zero-order valence-corrected chi connectivity index (χ0v) is 16.4. The molecule has 9 heteroatoms. The molecular weight excluding hydrogens is 400 g/mol. The van der Waals surface area contributed by atoms with E-state index in [0.717, 1.165) is 0 Å². The van der Waals surface area contributed by atoms with Crippen LogP contribution in [0.25, 0.3) is 11.1 Å². The number of sulfone groups is 1. The highest BCUT2D eigenvalue weighted by Crippen LogP contribution is 2.36. The van der Waals surface area contributed by atoms with Gasteiger partial charge in [-0.3, -0.25) is 4.79 Å². The molecule has 0 aliphatic carbocycles. The third-order valence-corrected chi connectivity index (χ3v) is 6.63. The molecular formula is C19H17ClN4O3S. The van der Waals surface area contributed by atoms with Crippen molar-refractivity contribution >= 4 is 39.0 Å². The molecule has 0 saturated carbocycles. The number of alkyl halides is 1. The Bertz CT molecular complexity index is 1120. The summed E-state index contributed by atoms with van der Waals surface area (Å²) in [5.41, 5.74) is 7.40. The fourth-order valence-electron chi connectivity index (χ4n) is 2.59. The van der Waals surface area contributed by atoms with Gasteiger partial charge in [0, 0.05) is 24.9 Å². The number of benzene rings is 1. The van der Waals surface area contributed by atoms with Crippen molar-refractivity contribution in [1.29, 1.82) is 0 Å². The molecule has 1 aromatic carbocycles. The van der Waals surface area contributed by atoms with Gasteiger partial charge in [-0.25, -0.2) is 18.4 Å². The Labute approximate surface area is 167 Å². The number of nitrogens with zero attached hydrogens (tertiary/aromatic N) is 2. The maximum absolute atomic E-state index is 13.0. The van der Waals surface area contributed by atoms with Gasteiger partial charge in [0.05, 0.1) is 0 Å². The number of nitrogens with two attached hydrogens (primary N) is 1. The van der Waals surface area contributed by atoms with Gasteiger partial charge < -0.3 is 11.1 Å². The fraction of sp³-hybridized carbons (Fsp3) is 0.105. The number of aromatic nitrogens is 2. The van der Waals surface area contributed by atoms with Gasteiger partial charge in [0.1, 0.15) is 16.5 Å². The summed E-state index contributed by atoms with van der Waals surface area (Å²) in [6, 6.07) is 13.1. The number of halogens is 1. The van der Waals surface area contributed by atoms with E-state index in [9.17, 15) is 13.2 Å². The minimum absolute atomic E-state index is 0.138. The number of nitrogens with one attached hydrogen (secondary N) is 1. The molecule has 0 saturated heterocycles. The molecule has 1 unspecified atom stereocenters. The number of amides is 1. The predicted octanol–water partition coefficient (Wildman–Crippen LogP) is 3.40. The van der Waals surface area contributed by atoms with Crippen molar-refractivity contribution in [3.8, 4) is 11.1 Å². The Morgan fingerprint density at radius 2 is 1.82 bits per heavy atom. The molecule has 0 aliphatic heterocycles. The first kappa shape index (κ1) is 19.8. The molecule has 2 heterocycles. The van der Waals surface area contributed by atoms with Crippen molar-refractivity contribution < 1.29 is 13.2 Å². The van der Waals surface area contributed by atoms with Crippen molar-refractivity contribution in [2.75, 3.05) is 11.1 Å². The van der Waals surface area contributed by atoms with Crippen LogP contribution in [0, 0.1) is 0 Å². The summed E-state index contributed by atoms with van der Waals surface area (Å²) in [6.45, 7) is 1.37. The Hall–Kier alpha value is -2.97. The lowest BCUT2D eigenvalue weighted by Crippen LogP contribution is -2.12. The largest absolute Gasteiger partial charge is 0.383 e. The minimum atomic E-state index is -3.99. The van der Waals surface area contributed by atoms with Crippen LogP contribution in [0.5, 0.6) is 0 Å². The first-order valence-electron chi connectivity index (χ1n) is 8.21. The summed E-state index contributed by atoms with van der Waals surface area (Å²) in [5.74, 6) is -0.0663. The zero-order valence-electron chi connectivity index (χ0n) is 14.8. The molecule has 7 nitrogen and oxygen atoms in total. The van der Waals surface area contributed by atoms with Crippen molar-refractivity contribution in [2.45, 2.75) is 16.5 Å². The number of pyridine rings is 2. The number of anilines is 2. The Balaban J connectivity index is 2.04. The highest BCUT2D eigenvalue weighted by molar-refractivity contribution is 7.93. The highest BCUT2D eigenvalue weighted by atomic mass is 35.5. The SMILES string of the molecule is CC(=O)Nc1cc(-c2cnc(N)c(S(=O)(=O)C(Cl)c3ccccc3)c2)ccn1. The zero-order chi connectivity index (χ0) is 20.3. The molecule has 1 amide bonds. The van der Waals surface area contributed by atoms with E-state index < -0.39 is 14.5 Å². The van der Waals surface area contributed by atoms with Crippen molar-refractivity contribution in [3.63, 3.8) is 0 Å². The molecule has 3 aromatic rings. The highest BCUT2D eigenvalue weighted by Gasteiger charge is 2.30. The lowest BCUT2D eigenvalue weighted by Gasteiger charge is -2.14. The third kappa shape index (κ3) is 4.13. The predicted molar refractivity (Wildman–Crippen MR) is 108 cm³/mol. The van der Waals surface area contributed by atoms with Gasteiger partial charge in [-0.1, -0.05) is 41.9 Å². The van der Waals surface area contributed by atoms with Crippen LogP contribution in [0.4, 0.5) is 11.6 Å².